The van der Waals surface area contributed by atoms with Crippen molar-refractivity contribution in [2.24, 2.45) is 5.92 Å². The second-order valence-corrected chi connectivity index (χ2v) is 6.38. The molecule has 0 aliphatic carbocycles. The molecule has 2 rings (SSSR count). The van der Waals surface area contributed by atoms with E-state index >= 15 is 0 Å². The van der Waals surface area contributed by atoms with Gasteiger partial charge in [-0.25, -0.2) is 0 Å². The fourth-order valence-electron chi connectivity index (χ4n) is 2.01. The first kappa shape index (κ1) is 17.9. The van der Waals surface area contributed by atoms with Crippen molar-refractivity contribution in [2.75, 3.05) is 11.9 Å². The van der Waals surface area contributed by atoms with Crippen molar-refractivity contribution in [3.05, 3.63) is 59.7 Å². The molecule has 24 heavy (non-hydrogen) atoms. The van der Waals surface area contributed by atoms with Crippen LogP contribution in [0.15, 0.2) is 48.5 Å². The summed E-state index contributed by atoms with van der Waals surface area (Å²) in [6.07, 6.45) is 0. The molecule has 0 heterocycles. The van der Waals surface area contributed by atoms with Gasteiger partial charge in [-0.2, -0.15) is 0 Å². The highest BCUT2D eigenvalue weighted by Crippen LogP contribution is 2.18. The standard InChI is InChI=1S/C19H22N2O2S/c1-13(2)12-23-17-7-5-4-6-16(17)18(22)21-19(24)20-15-10-8-14(3)9-11-15/h4-11,13H,12H2,1-3H3,(H2,20,21,22,24). The van der Waals surface area contributed by atoms with Crippen molar-refractivity contribution in [1.82, 2.24) is 5.32 Å². The molecule has 0 bridgehead atoms. The molecule has 126 valence electrons. The van der Waals surface area contributed by atoms with Crippen LogP contribution >= 0.6 is 12.2 Å². The van der Waals surface area contributed by atoms with Crippen molar-refractivity contribution in [1.29, 1.82) is 0 Å². The fraction of sp³-hybridized carbons (Fsp3) is 0.263. The lowest BCUT2D eigenvalue weighted by Gasteiger charge is -2.14. The quantitative estimate of drug-likeness (QED) is 0.801. The van der Waals surface area contributed by atoms with E-state index in [2.05, 4.69) is 24.5 Å². The summed E-state index contributed by atoms with van der Waals surface area (Å²) in [5.74, 6) is 0.645. The molecular weight excluding hydrogens is 320 g/mol. The van der Waals surface area contributed by atoms with Crippen molar-refractivity contribution >= 4 is 28.9 Å². The largest absolute Gasteiger partial charge is 0.492 e. The highest BCUT2D eigenvalue weighted by molar-refractivity contribution is 7.80. The van der Waals surface area contributed by atoms with Gasteiger partial charge in [-0.1, -0.05) is 43.7 Å². The van der Waals surface area contributed by atoms with Gasteiger partial charge in [0.05, 0.1) is 12.2 Å². The topological polar surface area (TPSA) is 50.4 Å². The summed E-state index contributed by atoms with van der Waals surface area (Å²) in [7, 11) is 0. The van der Waals surface area contributed by atoms with Gasteiger partial charge < -0.3 is 10.1 Å². The number of amides is 1. The minimum Gasteiger partial charge on any atom is -0.492 e. The Morgan fingerprint density at radius 3 is 2.46 bits per heavy atom. The van der Waals surface area contributed by atoms with Crippen molar-refractivity contribution in [2.45, 2.75) is 20.8 Å². The number of rotatable bonds is 5. The summed E-state index contributed by atoms with van der Waals surface area (Å²) in [5.41, 5.74) is 2.45. The molecule has 2 aromatic rings. The molecule has 4 nitrogen and oxygen atoms in total. The zero-order valence-electron chi connectivity index (χ0n) is 14.1. The number of hydrogen-bond donors (Lipinski definition) is 2. The fourth-order valence-corrected chi connectivity index (χ4v) is 2.22. The van der Waals surface area contributed by atoms with Crippen LogP contribution < -0.4 is 15.4 Å². The maximum Gasteiger partial charge on any atom is 0.261 e. The number of thiocarbonyl (C=S) groups is 1. The zero-order chi connectivity index (χ0) is 17.5. The Morgan fingerprint density at radius 1 is 1.12 bits per heavy atom. The number of aryl methyl sites for hydroxylation is 1. The second kappa shape index (κ2) is 8.45. The van der Waals surface area contributed by atoms with E-state index in [4.69, 9.17) is 17.0 Å². The third-order valence-corrected chi connectivity index (χ3v) is 3.44. The smallest absolute Gasteiger partial charge is 0.261 e. The number of anilines is 1. The maximum atomic E-state index is 12.4. The molecule has 0 aliphatic rings. The first-order chi connectivity index (χ1) is 11.5. The van der Waals surface area contributed by atoms with Gasteiger partial charge in [0.25, 0.3) is 5.91 Å². The number of carbonyl (C=O) groups excluding carboxylic acids is 1. The Hall–Kier alpha value is -2.40. The van der Waals surface area contributed by atoms with Crippen LogP contribution in [0.5, 0.6) is 5.75 Å². The number of benzene rings is 2. The van der Waals surface area contributed by atoms with Crippen LogP contribution in [0.4, 0.5) is 5.69 Å². The average Bonchev–Trinajstić information content (AvgIpc) is 2.55. The molecule has 1 amide bonds. The molecule has 0 saturated carbocycles. The summed E-state index contributed by atoms with van der Waals surface area (Å²) in [5, 5.41) is 5.94. The van der Waals surface area contributed by atoms with E-state index in [0.717, 1.165) is 11.3 Å². The lowest BCUT2D eigenvalue weighted by Crippen LogP contribution is -2.34. The first-order valence-electron chi connectivity index (χ1n) is 7.86. The summed E-state index contributed by atoms with van der Waals surface area (Å²) >= 11 is 5.21. The molecule has 5 heteroatoms. The summed E-state index contributed by atoms with van der Waals surface area (Å²) in [4.78, 5) is 12.4. The van der Waals surface area contributed by atoms with Crippen LogP contribution in [0.1, 0.15) is 29.8 Å². The van der Waals surface area contributed by atoms with Gasteiger partial charge in [-0.15, -0.1) is 0 Å². The second-order valence-electron chi connectivity index (χ2n) is 5.98. The molecule has 0 aliphatic heterocycles. The molecule has 0 atom stereocenters. The molecule has 0 spiro atoms. The normalized spacial score (nSPS) is 10.3. The van der Waals surface area contributed by atoms with Crippen LogP contribution in [0.25, 0.3) is 0 Å². The van der Waals surface area contributed by atoms with Gasteiger partial charge in [0.15, 0.2) is 5.11 Å². The highest BCUT2D eigenvalue weighted by atomic mass is 32.1. The SMILES string of the molecule is Cc1ccc(NC(=S)NC(=O)c2ccccc2OCC(C)C)cc1. The van der Waals surface area contributed by atoms with Crippen molar-refractivity contribution < 1.29 is 9.53 Å². The van der Waals surface area contributed by atoms with Crippen LogP contribution in [0, 0.1) is 12.8 Å². The van der Waals surface area contributed by atoms with Crippen molar-refractivity contribution in [3.63, 3.8) is 0 Å². The van der Waals surface area contributed by atoms with Gasteiger partial charge in [0.2, 0.25) is 0 Å². The van der Waals surface area contributed by atoms with Gasteiger partial charge in [-0.05, 0) is 49.3 Å². The Kier molecular flexibility index (Phi) is 6.32. The highest BCUT2D eigenvalue weighted by Gasteiger charge is 2.14. The van der Waals surface area contributed by atoms with Gasteiger partial charge in [0, 0.05) is 5.69 Å². The average molecular weight is 342 g/mol. The number of carbonyl (C=O) groups is 1. The minimum atomic E-state index is -0.293. The molecule has 0 unspecified atom stereocenters. The molecule has 0 fully saturated rings. The van der Waals surface area contributed by atoms with E-state index < -0.39 is 0 Å². The monoisotopic (exact) mass is 342 g/mol. The molecule has 0 aromatic heterocycles. The third kappa shape index (κ3) is 5.35. The van der Waals surface area contributed by atoms with Gasteiger partial charge >= 0.3 is 0 Å². The predicted octanol–water partition coefficient (Wildman–Crippen LogP) is 4.16. The van der Waals surface area contributed by atoms with E-state index in [0.29, 0.717) is 23.8 Å². The molecule has 2 N–H and O–H groups in total. The molecule has 0 radical (unpaired) electrons. The Bertz CT molecular complexity index is 712. The van der Waals surface area contributed by atoms with E-state index in [1.54, 1.807) is 18.2 Å². The van der Waals surface area contributed by atoms with Crippen LogP contribution in [-0.4, -0.2) is 17.6 Å². The Morgan fingerprint density at radius 2 is 1.79 bits per heavy atom. The lowest BCUT2D eigenvalue weighted by molar-refractivity contribution is 0.0973. The molecule has 2 aromatic carbocycles. The summed E-state index contributed by atoms with van der Waals surface area (Å²) in [6, 6.07) is 14.9. The minimum absolute atomic E-state index is 0.252. The Balaban J connectivity index is 2.01. The number of hydrogen-bond acceptors (Lipinski definition) is 3. The lowest BCUT2D eigenvalue weighted by atomic mass is 10.2. The first-order valence-corrected chi connectivity index (χ1v) is 8.27. The number of ether oxygens (including phenoxy) is 1. The van der Waals surface area contributed by atoms with Crippen LogP contribution in [-0.2, 0) is 0 Å². The summed E-state index contributed by atoms with van der Waals surface area (Å²) in [6.45, 7) is 6.68. The van der Waals surface area contributed by atoms with E-state index in [-0.39, 0.29) is 11.0 Å². The number of nitrogens with one attached hydrogen (secondary N) is 2. The summed E-state index contributed by atoms with van der Waals surface area (Å²) < 4.78 is 5.71. The molecular formula is C19H22N2O2S. The third-order valence-electron chi connectivity index (χ3n) is 3.24. The van der Waals surface area contributed by atoms with Crippen LogP contribution in [0.3, 0.4) is 0 Å². The molecule has 0 saturated heterocycles. The Labute approximate surface area is 148 Å². The zero-order valence-corrected chi connectivity index (χ0v) is 14.9. The van der Waals surface area contributed by atoms with Crippen LogP contribution in [0.2, 0.25) is 0 Å². The van der Waals surface area contributed by atoms with Gasteiger partial charge in [-0.3, -0.25) is 10.1 Å². The van der Waals surface area contributed by atoms with E-state index in [1.807, 2.05) is 37.3 Å². The number of para-hydroxylation sites is 1. The van der Waals surface area contributed by atoms with E-state index in [1.165, 1.54) is 0 Å². The van der Waals surface area contributed by atoms with E-state index in [9.17, 15) is 4.79 Å². The predicted molar refractivity (Wildman–Crippen MR) is 102 cm³/mol. The van der Waals surface area contributed by atoms with Gasteiger partial charge in [0.1, 0.15) is 5.75 Å². The van der Waals surface area contributed by atoms with Crippen molar-refractivity contribution in [3.8, 4) is 5.75 Å². The maximum absolute atomic E-state index is 12.4.